The number of aromatic nitrogens is 5. The standard InChI is InChI=1S/C24H27F3N8O2/c1-14-18-20(34(2)19(21(36)32-18)23(37-3)7-4-8-23)33-22(31-14)29-10-16-11-30-35(13-16)12-15-5-6-17(28-9-15)24(25,26)27/h5-6,9,11,13,19H,4,7-8,10,12H2,1-3H3,(H,32,36)(H,29,31,33)/t19-/m1/s1. The zero-order valence-corrected chi connectivity index (χ0v) is 20.6. The van der Waals surface area contributed by atoms with Crippen LogP contribution >= 0.6 is 0 Å². The molecule has 0 spiro atoms. The van der Waals surface area contributed by atoms with E-state index in [1.54, 1.807) is 24.2 Å². The van der Waals surface area contributed by atoms with Crippen molar-refractivity contribution in [3.63, 3.8) is 0 Å². The molecule has 0 saturated heterocycles. The van der Waals surface area contributed by atoms with Gasteiger partial charge in [-0.1, -0.05) is 6.07 Å². The van der Waals surface area contributed by atoms with E-state index in [4.69, 9.17) is 4.74 Å². The molecule has 13 heteroatoms. The Kier molecular flexibility index (Phi) is 6.26. The van der Waals surface area contributed by atoms with Gasteiger partial charge < -0.3 is 20.3 Å². The molecule has 3 aromatic heterocycles. The van der Waals surface area contributed by atoms with Crippen molar-refractivity contribution in [3.8, 4) is 0 Å². The zero-order valence-electron chi connectivity index (χ0n) is 20.6. The van der Waals surface area contributed by atoms with E-state index in [1.807, 2.05) is 18.9 Å². The summed E-state index contributed by atoms with van der Waals surface area (Å²) >= 11 is 0. The normalized spacial score (nSPS) is 18.7. The van der Waals surface area contributed by atoms with Crippen LogP contribution in [0.15, 0.2) is 30.7 Å². The number of halogens is 3. The first kappa shape index (κ1) is 24.9. The van der Waals surface area contributed by atoms with Gasteiger partial charge in [0.25, 0.3) is 0 Å². The molecule has 4 heterocycles. The minimum absolute atomic E-state index is 0.125. The second-order valence-electron chi connectivity index (χ2n) is 9.41. The molecule has 0 unspecified atom stereocenters. The largest absolute Gasteiger partial charge is 0.433 e. The second-order valence-corrected chi connectivity index (χ2v) is 9.41. The van der Waals surface area contributed by atoms with Gasteiger partial charge in [0, 0.05) is 38.7 Å². The van der Waals surface area contributed by atoms with Crippen molar-refractivity contribution in [1.29, 1.82) is 0 Å². The minimum atomic E-state index is -4.47. The number of hydrogen-bond donors (Lipinski definition) is 2. The Balaban J connectivity index is 1.27. The number of likely N-dealkylation sites (N-methyl/N-ethyl adjacent to an activating group) is 1. The fraction of sp³-hybridized carbons (Fsp3) is 0.458. The molecule has 196 valence electrons. The number of carbonyl (C=O) groups excluding carboxylic acids is 1. The molecule has 1 aliphatic heterocycles. The highest BCUT2D eigenvalue weighted by Gasteiger charge is 2.52. The first-order valence-corrected chi connectivity index (χ1v) is 11.8. The van der Waals surface area contributed by atoms with Gasteiger partial charge in [-0.05, 0) is 37.8 Å². The Bertz CT molecular complexity index is 1300. The van der Waals surface area contributed by atoms with E-state index in [9.17, 15) is 18.0 Å². The third-order valence-corrected chi connectivity index (χ3v) is 6.99. The summed E-state index contributed by atoms with van der Waals surface area (Å²) in [5, 5.41) is 10.4. The summed E-state index contributed by atoms with van der Waals surface area (Å²) in [5.41, 5.74) is 1.20. The van der Waals surface area contributed by atoms with Crippen LogP contribution in [0.1, 0.15) is 41.8 Å². The maximum Gasteiger partial charge on any atom is 0.433 e. The zero-order chi connectivity index (χ0) is 26.4. The highest BCUT2D eigenvalue weighted by Crippen LogP contribution is 2.44. The highest BCUT2D eigenvalue weighted by atomic mass is 19.4. The first-order chi connectivity index (χ1) is 17.6. The van der Waals surface area contributed by atoms with Crippen molar-refractivity contribution < 1.29 is 22.7 Å². The van der Waals surface area contributed by atoms with Crippen molar-refractivity contribution in [2.45, 2.75) is 57.1 Å². The van der Waals surface area contributed by atoms with Crippen LogP contribution in [0.25, 0.3) is 0 Å². The van der Waals surface area contributed by atoms with Crippen LogP contribution in [0.3, 0.4) is 0 Å². The summed E-state index contributed by atoms with van der Waals surface area (Å²) in [4.78, 5) is 27.5. The van der Waals surface area contributed by atoms with Gasteiger partial charge in [0.2, 0.25) is 11.9 Å². The van der Waals surface area contributed by atoms with E-state index in [0.717, 1.165) is 30.9 Å². The van der Waals surface area contributed by atoms with Crippen LogP contribution in [-0.2, 0) is 28.8 Å². The third-order valence-electron chi connectivity index (χ3n) is 6.99. The molecule has 5 rings (SSSR count). The molecule has 1 fully saturated rings. The number of nitrogens with one attached hydrogen (secondary N) is 2. The minimum Gasteiger partial charge on any atom is -0.376 e. The molecular weight excluding hydrogens is 489 g/mol. The summed E-state index contributed by atoms with van der Waals surface area (Å²) in [7, 11) is 3.49. The van der Waals surface area contributed by atoms with E-state index < -0.39 is 23.5 Å². The molecule has 1 aliphatic carbocycles. The lowest BCUT2D eigenvalue weighted by Gasteiger charge is -2.50. The average molecular weight is 517 g/mol. The van der Waals surface area contributed by atoms with E-state index in [0.29, 0.717) is 35.3 Å². The Labute approximate surface area is 211 Å². The summed E-state index contributed by atoms with van der Waals surface area (Å²) in [6.45, 7) is 2.48. The maximum atomic E-state index is 12.9. The Morgan fingerprint density at radius 1 is 1.22 bits per heavy atom. The number of alkyl halides is 3. The summed E-state index contributed by atoms with van der Waals surface area (Å²) in [5.74, 6) is 0.894. The fourth-order valence-corrected chi connectivity index (χ4v) is 4.87. The number of methoxy groups -OCH3 is 1. The van der Waals surface area contributed by atoms with Crippen LogP contribution in [0.5, 0.6) is 0 Å². The van der Waals surface area contributed by atoms with Crippen LogP contribution < -0.4 is 15.5 Å². The second kappa shape index (κ2) is 9.29. The third kappa shape index (κ3) is 4.70. The Hall–Kier alpha value is -3.74. The quantitative estimate of drug-likeness (QED) is 0.492. The van der Waals surface area contributed by atoms with Gasteiger partial charge in [-0.15, -0.1) is 0 Å². The predicted octanol–water partition coefficient (Wildman–Crippen LogP) is 3.38. The van der Waals surface area contributed by atoms with Crippen molar-refractivity contribution in [3.05, 3.63) is 53.2 Å². The number of pyridine rings is 1. The topological polar surface area (TPSA) is 110 Å². The lowest BCUT2D eigenvalue weighted by molar-refractivity contribution is -0.141. The molecule has 0 aromatic carbocycles. The van der Waals surface area contributed by atoms with Crippen LogP contribution in [0.4, 0.5) is 30.6 Å². The first-order valence-electron chi connectivity index (χ1n) is 11.8. The van der Waals surface area contributed by atoms with Gasteiger partial charge in [-0.2, -0.15) is 23.3 Å². The van der Waals surface area contributed by atoms with Crippen molar-refractivity contribution in [2.75, 3.05) is 29.7 Å². The predicted molar refractivity (Wildman–Crippen MR) is 129 cm³/mol. The number of carbonyl (C=O) groups is 1. The Morgan fingerprint density at radius 3 is 2.62 bits per heavy atom. The van der Waals surface area contributed by atoms with Crippen molar-refractivity contribution in [1.82, 2.24) is 24.7 Å². The summed E-state index contributed by atoms with van der Waals surface area (Å²) in [6, 6.07) is 1.86. The van der Waals surface area contributed by atoms with Gasteiger partial charge in [0.15, 0.2) is 5.82 Å². The molecule has 1 atom stereocenters. The van der Waals surface area contributed by atoms with Gasteiger partial charge in [0.1, 0.15) is 17.4 Å². The molecule has 0 bridgehead atoms. The van der Waals surface area contributed by atoms with Crippen molar-refractivity contribution >= 4 is 23.4 Å². The maximum absolute atomic E-state index is 12.9. The SMILES string of the molecule is COC1([C@H]2C(=O)Nc3c(C)nc(NCc4cnn(Cc5ccc(C(F)(F)F)nc5)c4)nc3N2C)CCC1. The molecule has 0 radical (unpaired) electrons. The van der Waals surface area contributed by atoms with Gasteiger partial charge >= 0.3 is 6.18 Å². The Morgan fingerprint density at radius 2 is 2.00 bits per heavy atom. The molecule has 1 amide bonds. The molecule has 2 aliphatic rings. The average Bonchev–Trinajstić information content (AvgIpc) is 3.27. The summed E-state index contributed by atoms with van der Waals surface area (Å²) in [6.07, 6.45) is 2.81. The molecule has 37 heavy (non-hydrogen) atoms. The number of ether oxygens (including phenoxy) is 1. The number of amides is 1. The van der Waals surface area contributed by atoms with E-state index in [2.05, 4.69) is 30.7 Å². The lowest BCUT2D eigenvalue weighted by Crippen LogP contribution is -2.64. The van der Waals surface area contributed by atoms with Gasteiger partial charge in [-0.3, -0.25) is 14.5 Å². The highest BCUT2D eigenvalue weighted by molar-refractivity contribution is 6.04. The van der Waals surface area contributed by atoms with E-state index >= 15 is 0 Å². The van der Waals surface area contributed by atoms with Crippen LogP contribution in [-0.4, -0.2) is 56.4 Å². The number of fused-ring (bicyclic) bond motifs is 1. The van der Waals surface area contributed by atoms with Crippen LogP contribution in [0, 0.1) is 6.92 Å². The smallest absolute Gasteiger partial charge is 0.376 e. The number of hydrogen-bond acceptors (Lipinski definition) is 8. The number of rotatable bonds is 7. The number of nitrogens with zero attached hydrogens (tertiary/aromatic N) is 6. The van der Waals surface area contributed by atoms with Gasteiger partial charge in [0.05, 0.1) is 24.0 Å². The van der Waals surface area contributed by atoms with Crippen LogP contribution in [0.2, 0.25) is 0 Å². The molecular formula is C24H27F3N8O2. The van der Waals surface area contributed by atoms with Crippen molar-refractivity contribution in [2.24, 2.45) is 0 Å². The molecule has 2 N–H and O–H groups in total. The lowest BCUT2D eigenvalue weighted by atomic mass is 9.73. The number of anilines is 3. The van der Waals surface area contributed by atoms with E-state index in [1.165, 1.54) is 12.3 Å². The molecule has 10 nitrogen and oxygen atoms in total. The summed E-state index contributed by atoms with van der Waals surface area (Å²) < 4.78 is 45.5. The van der Waals surface area contributed by atoms with E-state index in [-0.39, 0.29) is 12.5 Å². The monoisotopic (exact) mass is 516 g/mol. The molecule has 3 aromatic rings. The van der Waals surface area contributed by atoms with Gasteiger partial charge in [-0.25, -0.2) is 4.98 Å². The fourth-order valence-electron chi connectivity index (χ4n) is 4.87. The number of aryl methyl sites for hydroxylation is 1. The molecule has 1 saturated carbocycles.